The number of hydrogen-bond donors (Lipinski definition) is 0. The Kier molecular flexibility index (Phi) is 2.66. The molecule has 1 heterocycles. The lowest BCUT2D eigenvalue weighted by Crippen LogP contribution is -1.99. The Bertz CT molecular complexity index is 389. The van der Waals surface area contributed by atoms with E-state index < -0.39 is 0 Å². The third-order valence-corrected chi connectivity index (χ3v) is 1.87. The van der Waals surface area contributed by atoms with E-state index >= 15 is 0 Å². The first kappa shape index (κ1) is 9.28. The molecule has 4 heteroatoms. The molecule has 0 amide bonds. The first-order valence-corrected chi connectivity index (χ1v) is 4.10. The van der Waals surface area contributed by atoms with Crippen molar-refractivity contribution in [1.82, 2.24) is 9.55 Å². The maximum absolute atomic E-state index is 8.75. The number of rotatable bonds is 2. The lowest BCUT2D eigenvalue weighted by atomic mass is 10.3. The smallest absolute Gasteiger partial charge is 0.177 e. The molecular formula is C9H10N4. The number of aromatic nitrogens is 2. The highest BCUT2D eigenvalue weighted by Crippen LogP contribution is 2.09. The summed E-state index contributed by atoms with van der Waals surface area (Å²) in [5, 5.41) is 17.4. The molecule has 66 valence electrons. The largest absolute Gasteiger partial charge is 0.322 e. The van der Waals surface area contributed by atoms with E-state index in [2.05, 4.69) is 4.98 Å². The van der Waals surface area contributed by atoms with Crippen LogP contribution in [0.4, 0.5) is 0 Å². The summed E-state index contributed by atoms with van der Waals surface area (Å²) < 4.78 is 1.68. The zero-order valence-corrected chi connectivity index (χ0v) is 7.70. The molecule has 0 fully saturated rings. The Hall–Kier alpha value is -1.81. The average molecular weight is 174 g/mol. The Labute approximate surface area is 77.0 Å². The van der Waals surface area contributed by atoms with E-state index in [1.807, 2.05) is 19.1 Å². The van der Waals surface area contributed by atoms with Crippen LogP contribution in [0, 0.1) is 22.7 Å². The number of aryl methyl sites for hydroxylation is 1. The van der Waals surface area contributed by atoms with Crippen molar-refractivity contribution < 1.29 is 0 Å². The maximum atomic E-state index is 8.75. The highest BCUT2D eigenvalue weighted by molar-refractivity contribution is 5.37. The van der Waals surface area contributed by atoms with Crippen molar-refractivity contribution in [3.63, 3.8) is 0 Å². The fourth-order valence-electron chi connectivity index (χ4n) is 1.20. The predicted octanol–water partition coefficient (Wildman–Crippen LogP) is 1.12. The van der Waals surface area contributed by atoms with E-state index in [0.717, 1.165) is 18.7 Å². The molecule has 0 aromatic carbocycles. The van der Waals surface area contributed by atoms with Gasteiger partial charge < -0.3 is 4.57 Å². The van der Waals surface area contributed by atoms with Gasteiger partial charge in [-0.1, -0.05) is 6.92 Å². The molecule has 0 unspecified atom stereocenters. The van der Waals surface area contributed by atoms with Crippen molar-refractivity contribution in [2.75, 3.05) is 0 Å². The third kappa shape index (κ3) is 1.52. The van der Waals surface area contributed by atoms with Crippen molar-refractivity contribution >= 4 is 0 Å². The van der Waals surface area contributed by atoms with Crippen molar-refractivity contribution in [1.29, 1.82) is 10.5 Å². The fourth-order valence-corrected chi connectivity index (χ4v) is 1.20. The summed E-state index contributed by atoms with van der Waals surface area (Å²) in [6.07, 6.45) is 1.76. The second-order valence-electron chi connectivity index (χ2n) is 2.76. The molecule has 0 aliphatic carbocycles. The molecule has 0 spiro atoms. The van der Waals surface area contributed by atoms with Crippen LogP contribution in [0.1, 0.15) is 30.6 Å². The molecule has 13 heavy (non-hydrogen) atoms. The molecule has 1 aromatic heterocycles. The Morgan fingerprint density at radius 3 is 2.46 bits per heavy atom. The van der Waals surface area contributed by atoms with Crippen LogP contribution in [0.25, 0.3) is 0 Å². The van der Waals surface area contributed by atoms with Gasteiger partial charge in [-0.2, -0.15) is 10.5 Å². The van der Waals surface area contributed by atoms with Gasteiger partial charge in [-0.05, 0) is 6.42 Å². The van der Waals surface area contributed by atoms with Gasteiger partial charge in [0.2, 0.25) is 0 Å². The van der Waals surface area contributed by atoms with Crippen molar-refractivity contribution in [3.05, 3.63) is 17.2 Å². The van der Waals surface area contributed by atoms with Crippen LogP contribution in [0.15, 0.2) is 0 Å². The van der Waals surface area contributed by atoms with Crippen LogP contribution in [0.3, 0.4) is 0 Å². The first-order chi connectivity index (χ1) is 6.24. The lowest BCUT2D eigenvalue weighted by Gasteiger charge is -1.97. The quantitative estimate of drug-likeness (QED) is 0.674. The van der Waals surface area contributed by atoms with Crippen LogP contribution in [0.2, 0.25) is 0 Å². The van der Waals surface area contributed by atoms with Gasteiger partial charge >= 0.3 is 0 Å². The fraction of sp³-hybridized carbons (Fsp3) is 0.444. The molecule has 0 bridgehead atoms. The summed E-state index contributed by atoms with van der Waals surface area (Å²) in [5.74, 6) is 0.801. The monoisotopic (exact) mass is 174 g/mol. The van der Waals surface area contributed by atoms with E-state index in [4.69, 9.17) is 10.5 Å². The molecule has 4 nitrogen and oxygen atoms in total. The maximum Gasteiger partial charge on any atom is 0.177 e. The molecule has 0 radical (unpaired) electrons. The van der Waals surface area contributed by atoms with Crippen molar-refractivity contribution in [2.45, 2.75) is 19.8 Å². The summed E-state index contributed by atoms with van der Waals surface area (Å²) in [4.78, 5) is 4.07. The highest BCUT2D eigenvalue weighted by atomic mass is 15.1. The number of nitriles is 2. The number of hydrogen-bond acceptors (Lipinski definition) is 3. The van der Waals surface area contributed by atoms with E-state index in [0.29, 0.717) is 5.69 Å². The van der Waals surface area contributed by atoms with Gasteiger partial charge in [-0.25, -0.2) is 4.98 Å². The van der Waals surface area contributed by atoms with Gasteiger partial charge in [0.25, 0.3) is 0 Å². The second-order valence-corrected chi connectivity index (χ2v) is 2.76. The zero-order valence-electron chi connectivity index (χ0n) is 7.70. The molecule has 1 rings (SSSR count). The van der Waals surface area contributed by atoms with E-state index in [1.54, 1.807) is 11.6 Å². The third-order valence-electron chi connectivity index (χ3n) is 1.87. The summed E-state index contributed by atoms with van der Waals surface area (Å²) in [5.41, 5.74) is 0.583. The van der Waals surface area contributed by atoms with Crippen molar-refractivity contribution in [2.24, 2.45) is 7.05 Å². The van der Waals surface area contributed by atoms with Crippen molar-refractivity contribution in [3.8, 4) is 12.1 Å². The van der Waals surface area contributed by atoms with E-state index in [9.17, 15) is 0 Å². The number of nitrogens with zero attached hydrogens (tertiary/aromatic N) is 4. The van der Waals surface area contributed by atoms with Gasteiger partial charge in [-0.15, -0.1) is 0 Å². The molecule has 1 aromatic rings. The van der Waals surface area contributed by atoms with Gasteiger partial charge in [0.1, 0.15) is 18.0 Å². The van der Waals surface area contributed by atoms with Crippen LogP contribution < -0.4 is 0 Å². The molecular weight excluding hydrogens is 164 g/mol. The SMILES string of the molecule is CCCc1nc(C#N)c(C#N)n1C. The summed E-state index contributed by atoms with van der Waals surface area (Å²) in [6, 6.07) is 3.88. The van der Waals surface area contributed by atoms with E-state index in [-0.39, 0.29) is 5.69 Å². The van der Waals surface area contributed by atoms with Crippen LogP contribution in [0.5, 0.6) is 0 Å². The van der Waals surface area contributed by atoms with E-state index in [1.165, 1.54) is 0 Å². The molecule has 0 N–H and O–H groups in total. The molecule has 0 saturated heterocycles. The van der Waals surface area contributed by atoms with Gasteiger partial charge in [0.05, 0.1) is 0 Å². The zero-order chi connectivity index (χ0) is 9.84. The average Bonchev–Trinajstić information content (AvgIpc) is 2.44. The van der Waals surface area contributed by atoms with Crippen LogP contribution in [-0.2, 0) is 13.5 Å². The topological polar surface area (TPSA) is 65.4 Å². The second kappa shape index (κ2) is 3.73. The molecule has 0 saturated carbocycles. The Balaban J connectivity index is 3.22. The molecule has 0 aliphatic rings. The first-order valence-electron chi connectivity index (χ1n) is 4.10. The standard InChI is InChI=1S/C9H10N4/c1-3-4-9-12-7(5-10)8(6-11)13(9)2/h3-4H2,1-2H3. The predicted molar refractivity (Wildman–Crippen MR) is 46.6 cm³/mol. The lowest BCUT2D eigenvalue weighted by molar-refractivity contribution is 0.753. The van der Waals surface area contributed by atoms with Gasteiger partial charge in [0.15, 0.2) is 11.4 Å². The van der Waals surface area contributed by atoms with Crippen LogP contribution >= 0.6 is 0 Å². The summed E-state index contributed by atoms with van der Waals surface area (Å²) in [7, 11) is 1.76. The summed E-state index contributed by atoms with van der Waals surface area (Å²) in [6.45, 7) is 2.03. The van der Waals surface area contributed by atoms with Gasteiger partial charge in [-0.3, -0.25) is 0 Å². The Morgan fingerprint density at radius 1 is 1.38 bits per heavy atom. The number of imidazole rings is 1. The Morgan fingerprint density at radius 2 is 2.08 bits per heavy atom. The molecule has 0 atom stereocenters. The van der Waals surface area contributed by atoms with Crippen LogP contribution in [-0.4, -0.2) is 9.55 Å². The van der Waals surface area contributed by atoms with Gasteiger partial charge in [0, 0.05) is 13.5 Å². The summed E-state index contributed by atoms with van der Waals surface area (Å²) >= 11 is 0. The minimum atomic E-state index is 0.230. The minimum Gasteiger partial charge on any atom is -0.322 e. The minimum absolute atomic E-state index is 0.230. The normalized spacial score (nSPS) is 9.23. The molecule has 0 aliphatic heterocycles. The highest BCUT2D eigenvalue weighted by Gasteiger charge is 2.12.